The first-order chi connectivity index (χ1) is 10.3. The lowest BCUT2D eigenvalue weighted by Gasteiger charge is -2.61. The van der Waals surface area contributed by atoms with E-state index in [4.69, 9.17) is 5.73 Å². The minimum absolute atomic E-state index is 0.103. The van der Waals surface area contributed by atoms with Crippen molar-refractivity contribution in [3.05, 3.63) is 23.8 Å². The zero-order valence-electron chi connectivity index (χ0n) is 13.5. The molecule has 0 aliphatic heterocycles. The zero-order valence-corrected chi connectivity index (χ0v) is 13.5. The number of ketones is 2. The SMILES string of the molecule is C[C@]12C=CC(=O)C=C1CC[C@]1(N)C2CC[C@]2(C)C(=O)CCC12. The number of carbonyl (C=O) groups excluding carboxylic acids is 2. The predicted molar refractivity (Wildman–Crippen MR) is 85.1 cm³/mol. The molecule has 0 aromatic heterocycles. The summed E-state index contributed by atoms with van der Waals surface area (Å²) in [7, 11) is 0. The second-order valence-corrected chi connectivity index (χ2v) is 8.32. The molecule has 0 saturated heterocycles. The third-order valence-electron chi connectivity index (χ3n) is 7.47. The van der Waals surface area contributed by atoms with E-state index >= 15 is 0 Å². The minimum atomic E-state index is -0.268. The van der Waals surface area contributed by atoms with Gasteiger partial charge < -0.3 is 5.73 Å². The summed E-state index contributed by atoms with van der Waals surface area (Å²) in [5.41, 5.74) is 7.69. The monoisotopic (exact) mass is 299 g/mol. The summed E-state index contributed by atoms with van der Waals surface area (Å²) in [6.07, 6.45) is 11.0. The number of carbonyl (C=O) groups is 2. The molecule has 0 amide bonds. The Hall–Kier alpha value is -1.22. The van der Waals surface area contributed by atoms with E-state index in [-0.39, 0.29) is 22.2 Å². The minimum Gasteiger partial charge on any atom is -0.325 e. The molecule has 3 nitrogen and oxygen atoms in total. The van der Waals surface area contributed by atoms with Crippen molar-refractivity contribution in [3.63, 3.8) is 0 Å². The van der Waals surface area contributed by atoms with Crippen LogP contribution in [0, 0.1) is 22.7 Å². The fourth-order valence-corrected chi connectivity index (χ4v) is 6.18. The van der Waals surface area contributed by atoms with E-state index in [1.165, 1.54) is 5.57 Å². The molecule has 4 aliphatic rings. The van der Waals surface area contributed by atoms with Crippen molar-refractivity contribution in [1.29, 1.82) is 0 Å². The molecule has 0 heterocycles. The van der Waals surface area contributed by atoms with Gasteiger partial charge >= 0.3 is 0 Å². The Morgan fingerprint density at radius 3 is 2.64 bits per heavy atom. The smallest absolute Gasteiger partial charge is 0.178 e. The van der Waals surface area contributed by atoms with Crippen LogP contribution >= 0.6 is 0 Å². The van der Waals surface area contributed by atoms with Crippen LogP contribution in [0.2, 0.25) is 0 Å². The maximum Gasteiger partial charge on any atom is 0.178 e. The van der Waals surface area contributed by atoms with E-state index in [0.29, 0.717) is 24.0 Å². The molecule has 0 aromatic rings. The average Bonchev–Trinajstić information content (AvgIpc) is 2.77. The maximum atomic E-state index is 12.4. The predicted octanol–water partition coefficient (Wildman–Crippen LogP) is 2.94. The normalized spacial score (nSPS) is 50.2. The first kappa shape index (κ1) is 14.4. The highest BCUT2D eigenvalue weighted by Crippen LogP contribution is 2.64. The van der Waals surface area contributed by atoms with Crippen molar-refractivity contribution >= 4 is 11.6 Å². The molecule has 0 bridgehead atoms. The van der Waals surface area contributed by atoms with Crippen LogP contribution in [0.15, 0.2) is 23.8 Å². The summed E-state index contributed by atoms with van der Waals surface area (Å²) < 4.78 is 0. The van der Waals surface area contributed by atoms with E-state index in [9.17, 15) is 9.59 Å². The number of Topliss-reactive ketones (excluding diaryl/α,β-unsaturated/α-hetero) is 1. The van der Waals surface area contributed by atoms with Crippen LogP contribution in [0.5, 0.6) is 0 Å². The summed E-state index contributed by atoms with van der Waals surface area (Å²) in [4.78, 5) is 24.2. The van der Waals surface area contributed by atoms with Gasteiger partial charge in [0.2, 0.25) is 0 Å². The third-order valence-corrected chi connectivity index (χ3v) is 7.47. The highest BCUT2D eigenvalue weighted by Gasteiger charge is 2.64. The van der Waals surface area contributed by atoms with Gasteiger partial charge in [-0.15, -0.1) is 0 Å². The first-order valence-electron chi connectivity index (χ1n) is 8.57. The fraction of sp³-hybridized carbons (Fsp3) is 0.684. The fourth-order valence-electron chi connectivity index (χ4n) is 6.18. The Morgan fingerprint density at radius 1 is 1.09 bits per heavy atom. The van der Waals surface area contributed by atoms with Crippen molar-refractivity contribution in [2.45, 2.75) is 57.9 Å². The van der Waals surface area contributed by atoms with E-state index < -0.39 is 0 Å². The average molecular weight is 299 g/mol. The Bertz CT molecular complexity index is 633. The molecule has 2 unspecified atom stereocenters. The molecule has 3 heteroatoms. The third kappa shape index (κ3) is 1.56. The molecule has 5 atom stereocenters. The van der Waals surface area contributed by atoms with Crippen LogP contribution < -0.4 is 5.73 Å². The van der Waals surface area contributed by atoms with E-state index in [1.54, 1.807) is 6.08 Å². The van der Waals surface area contributed by atoms with Crippen LogP contribution in [0.3, 0.4) is 0 Å². The molecule has 2 N–H and O–H groups in total. The maximum absolute atomic E-state index is 12.4. The van der Waals surface area contributed by atoms with E-state index in [2.05, 4.69) is 19.9 Å². The molecule has 22 heavy (non-hydrogen) atoms. The highest BCUT2D eigenvalue weighted by atomic mass is 16.1. The summed E-state index contributed by atoms with van der Waals surface area (Å²) in [6.45, 7) is 4.39. The highest BCUT2D eigenvalue weighted by molar-refractivity contribution is 6.01. The van der Waals surface area contributed by atoms with Crippen LogP contribution in [0.25, 0.3) is 0 Å². The molecule has 4 aliphatic carbocycles. The second kappa shape index (κ2) is 4.19. The molecule has 118 valence electrons. The summed E-state index contributed by atoms with van der Waals surface area (Å²) in [6, 6.07) is 0. The lowest BCUT2D eigenvalue weighted by Crippen LogP contribution is -2.66. The van der Waals surface area contributed by atoms with Gasteiger partial charge in [-0.25, -0.2) is 0 Å². The zero-order chi connectivity index (χ0) is 15.8. The van der Waals surface area contributed by atoms with Crippen molar-refractivity contribution in [2.24, 2.45) is 28.4 Å². The molecular formula is C19H25NO2. The van der Waals surface area contributed by atoms with Crippen LogP contribution in [-0.2, 0) is 9.59 Å². The molecule has 0 radical (unpaired) electrons. The van der Waals surface area contributed by atoms with Crippen molar-refractivity contribution in [1.82, 2.24) is 0 Å². The Balaban J connectivity index is 1.79. The van der Waals surface area contributed by atoms with Crippen LogP contribution in [-0.4, -0.2) is 17.1 Å². The van der Waals surface area contributed by atoms with Gasteiger partial charge in [-0.1, -0.05) is 25.5 Å². The van der Waals surface area contributed by atoms with Gasteiger partial charge in [0.15, 0.2) is 5.78 Å². The Labute approximate surface area is 132 Å². The topological polar surface area (TPSA) is 60.2 Å². The summed E-state index contributed by atoms with van der Waals surface area (Å²) in [5, 5.41) is 0. The first-order valence-corrected chi connectivity index (χ1v) is 8.57. The summed E-state index contributed by atoms with van der Waals surface area (Å²) in [5.74, 6) is 1.17. The van der Waals surface area contributed by atoms with Gasteiger partial charge in [0.25, 0.3) is 0 Å². The van der Waals surface area contributed by atoms with E-state index in [0.717, 1.165) is 32.1 Å². The number of hydrogen-bond acceptors (Lipinski definition) is 3. The van der Waals surface area contributed by atoms with Gasteiger partial charge in [0.05, 0.1) is 0 Å². The Kier molecular flexibility index (Phi) is 2.74. The number of rotatable bonds is 0. The largest absolute Gasteiger partial charge is 0.325 e. The van der Waals surface area contributed by atoms with Crippen molar-refractivity contribution in [3.8, 4) is 0 Å². The van der Waals surface area contributed by atoms with Gasteiger partial charge in [0, 0.05) is 22.8 Å². The number of fused-ring (bicyclic) bond motifs is 5. The summed E-state index contributed by atoms with van der Waals surface area (Å²) >= 11 is 0. The molecule has 0 spiro atoms. The number of nitrogens with two attached hydrogens (primary N) is 1. The van der Waals surface area contributed by atoms with Gasteiger partial charge in [-0.2, -0.15) is 0 Å². The molecule has 4 rings (SSSR count). The lowest BCUT2D eigenvalue weighted by atomic mass is 9.45. The molecular weight excluding hydrogens is 274 g/mol. The van der Waals surface area contributed by atoms with Gasteiger partial charge in [-0.3, -0.25) is 9.59 Å². The van der Waals surface area contributed by atoms with Crippen molar-refractivity contribution in [2.75, 3.05) is 0 Å². The Morgan fingerprint density at radius 2 is 1.86 bits per heavy atom. The molecule has 0 aromatic carbocycles. The quantitative estimate of drug-likeness (QED) is 0.748. The van der Waals surface area contributed by atoms with E-state index in [1.807, 2.05) is 6.08 Å². The number of allylic oxidation sites excluding steroid dienone is 4. The standard InChI is InChI=1S/C19H25NO2/c1-17-8-6-13(21)11-12(17)5-10-19(20)14-3-4-16(22)18(14,2)9-7-15(17)19/h6,8,11,14-15H,3-5,7,9-10,20H2,1-2H3/t14?,15?,17-,18-,19+/m0/s1. The second-order valence-electron chi connectivity index (χ2n) is 8.32. The van der Waals surface area contributed by atoms with Crippen LogP contribution in [0.1, 0.15) is 52.4 Å². The molecule has 3 fully saturated rings. The van der Waals surface area contributed by atoms with Gasteiger partial charge in [-0.05, 0) is 56.1 Å². The van der Waals surface area contributed by atoms with Gasteiger partial charge in [0.1, 0.15) is 5.78 Å². The lowest BCUT2D eigenvalue weighted by molar-refractivity contribution is -0.133. The van der Waals surface area contributed by atoms with Crippen molar-refractivity contribution < 1.29 is 9.59 Å². The number of hydrogen-bond donors (Lipinski definition) is 1. The molecule has 3 saturated carbocycles. The van der Waals surface area contributed by atoms with Crippen LogP contribution in [0.4, 0.5) is 0 Å².